The number of carbonyl (C=O) groups is 2. The van der Waals surface area contributed by atoms with Gasteiger partial charge in [0, 0.05) is 25.6 Å². The number of hydrogen-bond donors (Lipinski definition) is 1. The molecule has 0 atom stereocenters. The van der Waals surface area contributed by atoms with Crippen LogP contribution in [-0.2, 0) is 9.53 Å². The largest absolute Gasteiger partial charge is 0.466 e. The number of rotatable bonds is 10. The van der Waals surface area contributed by atoms with Crippen molar-refractivity contribution >= 4 is 12.0 Å². The van der Waals surface area contributed by atoms with Crippen LogP contribution < -0.4 is 5.32 Å². The number of nitrogens with one attached hydrogen (secondary N) is 1. The van der Waals surface area contributed by atoms with Gasteiger partial charge in [-0.25, -0.2) is 4.79 Å². The molecule has 5 heteroatoms. The van der Waals surface area contributed by atoms with Crippen molar-refractivity contribution in [3.05, 3.63) is 12.7 Å². The molecule has 1 aliphatic rings. The lowest BCUT2D eigenvalue weighted by molar-refractivity contribution is -0.143. The van der Waals surface area contributed by atoms with Crippen LogP contribution in [0, 0.1) is 0 Å². The molecule has 2 amide bonds. The highest BCUT2D eigenvalue weighted by Gasteiger charge is 2.23. The van der Waals surface area contributed by atoms with Gasteiger partial charge in [0.15, 0.2) is 0 Å². The minimum Gasteiger partial charge on any atom is -0.466 e. The number of urea groups is 1. The average molecular weight is 324 g/mol. The van der Waals surface area contributed by atoms with E-state index in [4.69, 9.17) is 4.74 Å². The van der Waals surface area contributed by atoms with Gasteiger partial charge in [-0.05, 0) is 32.6 Å². The Kier molecular flexibility index (Phi) is 10.2. The quantitative estimate of drug-likeness (QED) is 0.379. The summed E-state index contributed by atoms with van der Waals surface area (Å²) in [5, 5.41) is 3.00. The van der Waals surface area contributed by atoms with E-state index in [0.717, 1.165) is 32.1 Å². The Hall–Kier alpha value is -1.52. The molecule has 132 valence electrons. The third kappa shape index (κ3) is 8.05. The molecule has 1 aliphatic carbocycles. The van der Waals surface area contributed by atoms with Crippen molar-refractivity contribution in [3.63, 3.8) is 0 Å². The molecule has 0 unspecified atom stereocenters. The highest BCUT2D eigenvalue weighted by Crippen LogP contribution is 2.22. The Balaban J connectivity index is 2.19. The standard InChI is InChI=1S/C18H32N2O3/c1-3-15-20(16-11-7-5-8-12-16)18(22)19-14-10-6-9-13-17(21)23-4-2/h3,16H,1,4-15H2,2H3,(H,19,22). The lowest BCUT2D eigenvalue weighted by Crippen LogP contribution is -2.47. The van der Waals surface area contributed by atoms with Crippen LogP contribution in [0.2, 0.25) is 0 Å². The number of carbonyl (C=O) groups excluding carboxylic acids is 2. The van der Waals surface area contributed by atoms with E-state index in [0.29, 0.717) is 32.2 Å². The fraction of sp³-hybridized carbons (Fsp3) is 0.778. The molecule has 5 nitrogen and oxygen atoms in total. The van der Waals surface area contributed by atoms with Crippen LogP contribution in [0.4, 0.5) is 4.79 Å². The number of unbranched alkanes of at least 4 members (excludes halogenated alkanes) is 2. The molecule has 0 saturated heterocycles. The van der Waals surface area contributed by atoms with E-state index in [-0.39, 0.29) is 12.0 Å². The zero-order valence-corrected chi connectivity index (χ0v) is 14.5. The van der Waals surface area contributed by atoms with Crippen LogP contribution in [-0.4, -0.2) is 42.6 Å². The average Bonchev–Trinajstić information content (AvgIpc) is 2.56. The molecule has 0 aromatic carbocycles. The summed E-state index contributed by atoms with van der Waals surface area (Å²) in [4.78, 5) is 25.5. The molecule has 0 spiro atoms. The third-order valence-corrected chi connectivity index (χ3v) is 4.24. The molecule has 1 N–H and O–H groups in total. The molecule has 0 aromatic rings. The normalized spacial score (nSPS) is 15.0. The van der Waals surface area contributed by atoms with Gasteiger partial charge >= 0.3 is 12.0 Å². The summed E-state index contributed by atoms with van der Waals surface area (Å²) in [5.74, 6) is -0.133. The highest BCUT2D eigenvalue weighted by atomic mass is 16.5. The second kappa shape index (κ2) is 12.0. The van der Waals surface area contributed by atoms with Crippen molar-refractivity contribution in [2.75, 3.05) is 19.7 Å². The Bertz CT molecular complexity index is 365. The summed E-state index contributed by atoms with van der Waals surface area (Å²) in [6.45, 7) is 7.28. The van der Waals surface area contributed by atoms with E-state index in [1.807, 2.05) is 11.8 Å². The van der Waals surface area contributed by atoms with Crippen molar-refractivity contribution in [1.82, 2.24) is 10.2 Å². The van der Waals surface area contributed by atoms with Crippen molar-refractivity contribution in [2.24, 2.45) is 0 Å². The molecule has 1 saturated carbocycles. The molecule has 0 heterocycles. The van der Waals surface area contributed by atoms with E-state index in [2.05, 4.69) is 11.9 Å². The SMILES string of the molecule is C=CCN(C(=O)NCCCCCC(=O)OCC)C1CCCCC1. The zero-order chi connectivity index (χ0) is 16.9. The van der Waals surface area contributed by atoms with E-state index in [9.17, 15) is 9.59 Å². The molecule has 0 aliphatic heterocycles. The number of ether oxygens (including phenoxy) is 1. The van der Waals surface area contributed by atoms with E-state index in [1.165, 1.54) is 19.3 Å². The Labute approximate surface area is 140 Å². The summed E-state index contributed by atoms with van der Waals surface area (Å²) in [7, 11) is 0. The lowest BCUT2D eigenvalue weighted by atomic mass is 9.94. The maximum absolute atomic E-state index is 12.4. The van der Waals surface area contributed by atoms with Gasteiger partial charge in [0.05, 0.1) is 6.61 Å². The first kappa shape index (κ1) is 19.5. The highest BCUT2D eigenvalue weighted by molar-refractivity contribution is 5.74. The molecular weight excluding hydrogens is 292 g/mol. The van der Waals surface area contributed by atoms with Gasteiger partial charge in [-0.2, -0.15) is 0 Å². The summed E-state index contributed by atoms with van der Waals surface area (Å²) >= 11 is 0. The predicted octanol–water partition coefficient (Wildman–Crippen LogP) is 3.64. The van der Waals surface area contributed by atoms with Gasteiger partial charge in [-0.15, -0.1) is 6.58 Å². The summed E-state index contributed by atoms with van der Waals surface area (Å²) in [6.07, 6.45) is 10.8. The Morgan fingerprint density at radius 1 is 1.22 bits per heavy atom. The summed E-state index contributed by atoms with van der Waals surface area (Å²) < 4.78 is 4.89. The first-order valence-corrected chi connectivity index (χ1v) is 9.00. The summed E-state index contributed by atoms with van der Waals surface area (Å²) in [6, 6.07) is 0.368. The minimum atomic E-state index is -0.133. The fourth-order valence-corrected chi connectivity index (χ4v) is 3.03. The minimum absolute atomic E-state index is 0.0159. The first-order chi connectivity index (χ1) is 11.2. The summed E-state index contributed by atoms with van der Waals surface area (Å²) in [5.41, 5.74) is 0. The second-order valence-corrected chi connectivity index (χ2v) is 6.08. The van der Waals surface area contributed by atoms with Crippen LogP contribution in [0.25, 0.3) is 0 Å². The van der Waals surface area contributed by atoms with Crippen LogP contribution in [0.5, 0.6) is 0 Å². The smallest absolute Gasteiger partial charge is 0.317 e. The lowest BCUT2D eigenvalue weighted by Gasteiger charge is -2.33. The predicted molar refractivity (Wildman–Crippen MR) is 92.3 cm³/mol. The topological polar surface area (TPSA) is 58.6 Å². The van der Waals surface area contributed by atoms with Crippen LogP contribution in [0.1, 0.15) is 64.7 Å². The van der Waals surface area contributed by atoms with E-state index >= 15 is 0 Å². The van der Waals surface area contributed by atoms with Crippen LogP contribution in [0.3, 0.4) is 0 Å². The van der Waals surface area contributed by atoms with Crippen molar-refractivity contribution in [2.45, 2.75) is 70.8 Å². The van der Waals surface area contributed by atoms with Gasteiger partial charge in [0.2, 0.25) is 0 Å². The maximum atomic E-state index is 12.4. The van der Waals surface area contributed by atoms with E-state index < -0.39 is 0 Å². The van der Waals surface area contributed by atoms with Gasteiger partial charge in [0.25, 0.3) is 0 Å². The Morgan fingerprint density at radius 2 is 1.96 bits per heavy atom. The third-order valence-electron chi connectivity index (χ3n) is 4.24. The second-order valence-electron chi connectivity index (χ2n) is 6.08. The first-order valence-electron chi connectivity index (χ1n) is 9.00. The number of nitrogens with zero attached hydrogens (tertiary/aromatic N) is 1. The fourth-order valence-electron chi connectivity index (χ4n) is 3.03. The zero-order valence-electron chi connectivity index (χ0n) is 14.5. The molecule has 23 heavy (non-hydrogen) atoms. The molecule has 0 bridgehead atoms. The molecular formula is C18H32N2O3. The van der Waals surface area contributed by atoms with Crippen molar-refractivity contribution in [3.8, 4) is 0 Å². The molecule has 1 fully saturated rings. The van der Waals surface area contributed by atoms with Crippen molar-refractivity contribution < 1.29 is 14.3 Å². The van der Waals surface area contributed by atoms with Crippen molar-refractivity contribution in [1.29, 1.82) is 0 Å². The number of amides is 2. The van der Waals surface area contributed by atoms with Gasteiger partial charge in [-0.1, -0.05) is 31.8 Å². The number of hydrogen-bond acceptors (Lipinski definition) is 3. The van der Waals surface area contributed by atoms with Gasteiger partial charge < -0.3 is 15.0 Å². The monoisotopic (exact) mass is 324 g/mol. The number of esters is 1. The molecule has 1 rings (SSSR count). The van der Waals surface area contributed by atoms with Crippen LogP contribution >= 0.6 is 0 Å². The van der Waals surface area contributed by atoms with Gasteiger partial charge in [-0.3, -0.25) is 4.79 Å². The van der Waals surface area contributed by atoms with E-state index in [1.54, 1.807) is 6.08 Å². The molecule has 0 radical (unpaired) electrons. The molecule has 0 aromatic heterocycles. The Morgan fingerprint density at radius 3 is 2.61 bits per heavy atom. The van der Waals surface area contributed by atoms with Crippen LogP contribution in [0.15, 0.2) is 12.7 Å². The van der Waals surface area contributed by atoms with Gasteiger partial charge in [0.1, 0.15) is 0 Å². The maximum Gasteiger partial charge on any atom is 0.317 e.